The minimum atomic E-state index is -0.471. The van der Waals surface area contributed by atoms with Crippen LogP contribution in [0.4, 0.5) is 5.69 Å². The molecule has 3 amide bonds. The lowest BCUT2D eigenvalue weighted by Gasteiger charge is -2.21. The van der Waals surface area contributed by atoms with Gasteiger partial charge in [0.15, 0.2) is 0 Å². The standard InChI is InChI=1S/C32H30Cl2N4O5/c1-20-6-10-22-4-3-5-27(31(22)37-20)43-19-24-25(33)13-14-26(30(24)34)38(2)29(41)18-36-28(40)15-9-21-7-11-23(12-8-21)32(42)35-16-17-39/h3-15,39H,16-19H2,1-2H3,(H,35,42)(H,36,40)/b15-9+. The molecule has 3 aromatic carbocycles. The second-order valence-electron chi connectivity index (χ2n) is 9.53. The Bertz CT molecular complexity index is 1670. The van der Waals surface area contributed by atoms with E-state index >= 15 is 0 Å². The summed E-state index contributed by atoms with van der Waals surface area (Å²) in [4.78, 5) is 43.1. The number of aliphatic hydroxyl groups excluding tert-OH is 1. The largest absolute Gasteiger partial charge is 0.487 e. The molecule has 4 aromatic rings. The van der Waals surface area contributed by atoms with Gasteiger partial charge in [-0.05, 0) is 55.0 Å². The molecule has 0 saturated carbocycles. The normalized spacial score (nSPS) is 11.0. The number of aryl methyl sites for hydroxylation is 1. The number of rotatable bonds is 11. The molecule has 3 N–H and O–H groups in total. The molecule has 222 valence electrons. The zero-order valence-electron chi connectivity index (χ0n) is 23.6. The fourth-order valence-electron chi connectivity index (χ4n) is 4.12. The van der Waals surface area contributed by atoms with E-state index in [2.05, 4.69) is 15.6 Å². The number of ether oxygens (including phenoxy) is 1. The molecule has 0 aliphatic carbocycles. The number of carbonyl (C=O) groups is 3. The van der Waals surface area contributed by atoms with Crippen molar-refractivity contribution in [3.05, 3.63) is 105 Å². The second-order valence-corrected chi connectivity index (χ2v) is 10.3. The van der Waals surface area contributed by atoms with Gasteiger partial charge in [0.05, 0.1) is 23.9 Å². The summed E-state index contributed by atoms with van der Waals surface area (Å²) in [7, 11) is 1.56. The van der Waals surface area contributed by atoms with Crippen LogP contribution in [0.1, 0.15) is 27.2 Å². The van der Waals surface area contributed by atoms with Gasteiger partial charge in [0.2, 0.25) is 11.8 Å². The molecule has 0 fully saturated rings. The average Bonchev–Trinajstić information content (AvgIpc) is 3.01. The van der Waals surface area contributed by atoms with Crippen molar-refractivity contribution < 1.29 is 24.2 Å². The van der Waals surface area contributed by atoms with Crippen molar-refractivity contribution in [2.45, 2.75) is 13.5 Å². The van der Waals surface area contributed by atoms with Crippen molar-refractivity contribution in [3.63, 3.8) is 0 Å². The van der Waals surface area contributed by atoms with Gasteiger partial charge in [0.25, 0.3) is 5.91 Å². The number of nitrogens with one attached hydrogen (secondary N) is 2. The van der Waals surface area contributed by atoms with Crippen LogP contribution >= 0.6 is 23.2 Å². The number of amides is 3. The summed E-state index contributed by atoms with van der Waals surface area (Å²) >= 11 is 13.1. The van der Waals surface area contributed by atoms with E-state index in [1.54, 1.807) is 49.5 Å². The summed E-state index contributed by atoms with van der Waals surface area (Å²) in [5.41, 5.74) is 3.62. The molecular formula is C32H30Cl2N4O5. The van der Waals surface area contributed by atoms with E-state index in [1.165, 1.54) is 11.0 Å². The lowest BCUT2D eigenvalue weighted by molar-refractivity contribution is -0.122. The number of hydrogen-bond acceptors (Lipinski definition) is 6. The maximum atomic E-state index is 12.9. The van der Waals surface area contributed by atoms with Crippen molar-refractivity contribution in [3.8, 4) is 5.75 Å². The molecule has 0 saturated heterocycles. The summed E-state index contributed by atoms with van der Waals surface area (Å²) < 4.78 is 6.06. The number of anilines is 1. The maximum Gasteiger partial charge on any atom is 0.251 e. The topological polar surface area (TPSA) is 121 Å². The fraction of sp³-hybridized carbons (Fsp3) is 0.188. The van der Waals surface area contributed by atoms with Crippen LogP contribution in [0.5, 0.6) is 5.75 Å². The zero-order chi connectivity index (χ0) is 30.9. The Labute approximate surface area is 259 Å². The highest BCUT2D eigenvalue weighted by Gasteiger charge is 2.19. The highest BCUT2D eigenvalue weighted by Crippen LogP contribution is 2.35. The molecule has 43 heavy (non-hydrogen) atoms. The number of carbonyl (C=O) groups excluding carboxylic acids is 3. The van der Waals surface area contributed by atoms with E-state index in [0.717, 1.165) is 16.6 Å². The number of benzene rings is 3. The summed E-state index contributed by atoms with van der Waals surface area (Å²) in [6.45, 7) is 1.71. The molecule has 0 radical (unpaired) electrons. The van der Waals surface area contributed by atoms with Crippen LogP contribution in [0.2, 0.25) is 10.0 Å². The second kappa shape index (κ2) is 14.6. The van der Waals surface area contributed by atoms with Crippen LogP contribution in [0.3, 0.4) is 0 Å². The third kappa shape index (κ3) is 8.10. The first-order chi connectivity index (χ1) is 20.7. The van der Waals surface area contributed by atoms with Crippen molar-refractivity contribution in [2.24, 2.45) is 0 Å². The quantitative estimate of drug-likeness (QED) is 0.204. The fourth-order valence-corrected chi connectivity index (χ4v) is 4.73. The van der Waals surface area contributed by atoms with Gasteiger partial charge in [-0.2, -0.15) is 0 Å². The van der Waals surface area contributed by atoms with Gasteiger partial charge < -0.3 is 25.4 Å². The van der Waals surface area contributed by atoms with E-state index in [9.17, 15) is 14.4 Å². The molecule has 9 nitrogen and oxygen atoms in total. The molecule has 0 spiro atoms. The number of aliphatic hydroxyl groups is 1. The molecule has 0 atom stereocenters. The Balaban J connectivity index is 1.36. The van der Waals surface area contributed by atoms with Crippen molar-refractivity contribution in [1.82, 2.24) is 15.6 Å². The van der Waals surface area contributed by atoms with E-state index in [-0.39, 0.29) is 37.2 Å². The number of likely N-dealkylation sites (N-methyl/N-ethyl adjacent to an activating group) is 1. The number of para-hydroxylation sites is 1. The first-order valence-electron chi connectivity index (χ1n) is 13.4. The third-order valence-corrected chi connectivity index (χ3v) is 7.28. The van der Waals surface area contributed by atoms with Gasteiger partial charge in [-0.25, -0.2) is 4.98 Å². The number of halogens is 2. The molecule has 0 aliphatic heterocycles. The highest BCUT2D eigenvalue weighted by atomic mass is 35.5. The lowest BCUT2D eigenvalue weighted by Crippen LogP contribution is -2.37. The summed E-state index contributed by atoms with van der Waals surface area (Å²) in [6, 6.07) is 19.4. The van der Waals surface area contributed by atoms with Crippen LogP contribution in [-0.4, -0.2) is 54.6 Å². The first kappa shape index (κ1) is 31.5. The zero-order valence-corrected chi connectivity index (χ0v) is 25.1. The van der Waals surface area contributed by atoms with Crippen molar-refractivity contribution >= 4 is 63.6 Å². The summed E-state index contributed by atoms with van der Waals surface area (Å²) in [5.74, 6) is -0.590. The van der Waals surface area contributed by atoms with Gasteiger partial charge in [-0.3, -0.25) is 14.4 Å². The van der Waals surface area contributed by atoms with Crippen LogP contribution in [0.15, 0.2) is 72.8 Å². The maximum absolute atomic E-state index is 12.9. The minimum Gasteiger partial charge on any atom is -0.487 e. The van der Waals surface area contributed by atoms with Gasteiger partial charge in [0.1, 0.15) is 17.9 Å². The van der Waals surface area contributed by atoms with Gasteiger partial charge in [0, 0.05) is 46.9 Å². The lowest BCUT2D eigenvalue weighted by atomic mass is 10.1. The predicted molar refractivity (Wildman–Crippen MR) is 169 cm³/mol. The average molecular weight is 622 g/mol. The molecule has 1 aromatic heterocycles. The number of fused-ring (bicyclic) bond motifs is 1. The van der Waals surface area contributed by atoms with E-state index in [0.29, 0.717) is 33.1 Å². The molecule has 0 unspecified atom stereocenters. The summed E-state index contributed by atoms with van der Waals surface area (Å²) in [5, 5.41) is 15.5. The Hall–Kier alpha value is -4.44. The van der Waals surface area contributed by atoms with Gasteiger partial charge >= 0.3 is 0 Å². The van der Waals surface area contributed by atoms with E-state index < -0.39 is 11.8 Å². The predicted octanol–water partition coefficient (Wildman–Crippen LogP) is 4.94. The molecule has 0 aliphatic rings. The Morgan fingerprint density at radius 3 is 2.51 bits per heavy atom. The number of nitrogens with zero attached hydrogens (tertiary/aromatic N) is 2. The molecule has 1 heterocycles. The van der Waals surface area contributed by atoms with Crippen LogP contribution in [0, 0.1) is 6.92 Å². The van der Waals surface area contributed by atoms with Gasteiger partial charge in [-0.1, -0.05) is 53.5 Å². The smallest absolute Gasteiger partial charge is 0.251 e. The molecule has 4 rings (SSSR count). The SMILES string of the molecule is Cc1ccc2cccc(OCc3c(Cl)ccc(N(C)C(=O)CNC(=O)/C=C/c4ccc(C(=O)NCCO)cc4)c3Cl)c2n1. The Morgan fingerprint density at radius 1 is 1.00 bits per heavy atom. The number of aromatic nitrogens is 1. The van der Waals surface area contributed by atoms with E-state index in [4.69, 9.17) is 33.0 Å². The van der Waals surface area contributed by atoms with Crippen LogP contribution in [0.25, 0.3) is 17.0 Å². The Kier molecular flexibility index (Phi) is 10.7. The van der Waals surface area contributed by atoms with Gasteiger partial charge in [-0.15, -0.1) is 0 Å². The number of pyridine rings is 1. The number of hydrogen-bond donors (Lipinski definition) is 3. The molecule has 11 heteroatoms. The highest BCUT2D eigenvalue weighted by molar-refractivity contribution is 6.38. The third-order valence-electron chi connectivity index (χ3n) is 6.51. The monoisotopic (exact) mass is 620 g/mol. The molecular weight excluding hydrogens is 591 g/mol. The van der Waals surface area contributed by atoms with Crippen LogP contribution < -0.4 is 20.3 Å². The minimum absolute atomic E-state index is 0.0537. The van der Waals surface area contributed by atoms with Crippen molar-refractivity contribution in [2.75, 3.05) is 31.6 Å². The summed E-state index contributed by atoms with van der Waals surface area (Å²) in [6.07, 6.45) is 2.86. The van der Waals surface area contributed by atoms with E-state index in [1.807, 2.05) is 37.3 Å². The Morgan fingerprint density at radius 2 is 1.77 bits per heavy atom. The van der Waals surface area contributed by atoms with Crippen LogP contribution in [-0.2, 0) is 16.2 Å². The molecule has 0 bridgehead atoms. The first-order valence-corrected chi connectivity index (χ1v) is 14.1. The van der Waals surface area contributed by atoms with Crippen molar-refractivity contribution in [1.29, 1.82) is 0 Å².